The van der Waals surface area contributed by atoms with E-state index in [0.29, 0.717) is 58.7 Å². The largest absolute Gasteiger partial charge is 0.455 e. The lowest BCUT2D eigenvalue weighted by atomic mass is 9.44. The van der Waals surface area contributed by atoms with Crippen LogP contribution in [0.3, 0.4) is 0 Å². The van der Waals surface area contributed by atoms with E-state index in [-0.39, 0.29) is 66.4 Å². The van der Waals surface area contributed by atoms with Gasteiger partial charge in [0, 0.05) is 50.7 Å². The summed E-state index contributed by atoms with van der Waals surface area (Å²) < 4.78 is 57.6. The highest BCUT2D eigenvalue weighted by Gasteiger charge is 2.78. The van der Waals surface area contributed by atoms with Crippen LogP contribution in [0.1, 0.15) is 149 Å². The first-order chi connectivity index (χ1) is 43.3. The minimum Gasteiger partial charge on any atom is -0.455 e. The van der Waals surface area contributed by atoms with Crippen LogP contribution in [-0.4, -0.2) is 195 Å². The number of hydrogen-bond donors (Lipinski definition) is 6. The van der Waals surface area contributed by atoms with Crippen LogP contribution in [0.25, 0.3) is 0 Å². The van der Waals surface area contributed by atoms with E-state index in [9.17, 15) is 48.9 Å². The topological polar surface area (TPSA) is 343 Å². The predicted molar refractivity (Wildman–Crippen MR) is 329 cm³/mol. The summed E-state index contributed by atoms with van der Waals surface area (Å²) in [5, 5.41) is 46.8. The number of alkyl carbamates (subject to hydrolysis) is 1. The van der Waals surface area contributed by atoms with Crippen LogP contribution in [0.5, 0.6) is 0 Å². The van der Waals surface area contributed by atoms with E-state index >= 15 is 9.59 Å². The number of unbranched alkanes of at least 4 members (excludes halogenated alkanes) is 1. The molecule has 510 valence electrons. The third-order valence-corrected chi connectivity index (χ3v) is 18.6. The molecule has 2 aromatic carbocycles. The average molecular weight is 1290 g/mol. The third-order valence-electron chi connectivity index (χ3n) is 18.6. The van der Waals surface area contributed by atoms with Crippen LogP contribution in [0.2, 0.25) is 0 Å². The first kappa shape index (κ1) is 74.3. The molecule has 1 aliphatic heterocycles. The van der Waals surface area contributed by atoms with Gasteiger partial charge in [0.25, 0.3) is 0 Å². The van der Waals surface area contributed by atoms with Crippen LogP contribution in [0.15, 0.2) is 71.8 Å². The van der Waals surface area contributed by atoms with Gasteiger partial charge >= 0.3 is 30.0 Å². The molecule has 2 bridgehead atoms. The second kappa shape index (κ2) is 31.9. The second-order valence-corrected chi connectivity index (χ2v) is 26.1. The fraction of sp³-hybridized carbons (Fsp3) is 0.657. The standard InChI is InChI=1S/C67H95N3O22/c1-13-64(10,14-2)56(77)44(27-21-22-29-68-48(73)28-30-84-33-34-85-32-31-83-12)69-49(74)37-86-38-50(75)89-54(52(42-23-17-15-18-24-42)70-61(81)92-62(5,6)7)60(80)88-45-36-67(82)58(90-59(79)43-25-19-16-20-26-43)55-65(11,57(78)53(76)51(40(45)3)63(67,8)9)46(72)35-47-66(55,39-87-47)91-41(4)71/h15-20,23-26,44-47,52-55,58,72,76,82H,13-14,21-22,27-39H2,1-12H3,(H,68,73)(H,69,74)(H,70,81)/t44?,45-,46-,47+,52-,53+,54+,55-,58-,65+,66-,67+/m0/s1. The molecule has 1 unspecified atom stereocenters. The maximum absolute atomic E-state index is 15.4. The number of aliphatic hydroxyl groups is 3. The number of Topliss-reactive ketones (excluding diaryl/α,β-unsaturated/α-hetero) is 2. The molecule has 6 N–H and O–H groups in total. The van der Waals surface area contributed by atoms with Crippen LogP contribution >= 0.6 is 0 Å². The lowest BCUT2D eigenvalue weighted by molar-refractivity contribution is -0.346. The number of aliphatic hydroxyl groups excluding tert-OH is 2. The fourth-order valence-electron chi connectivity index (χ4n) is 13.0. The minimum absolute atomic E-state index is 0.0139. The number of benzene rings is 2. The van der Waals surface area contributed by atoms with Crippen molar-refractivity contribution in [2.75, 3.05) is 66.5 Å². The molecule has 0 aromatic heterocycles. The quantitative estimate of drug-likeness (QED) is 0.0241. The van der Waals surface area contributed by atoms with Gasteiger partial charge in [0.15, 0.2) is 17.2 Å². The molecule has 92 heavy (non-hydrogen) atoms. The van der Waals surface area contributed by atoms with Gasteiger partial charge in [-0.15, -0.1) is 0 Å². The number of nitrogens with one attached hydrogen (secondary N) is 3. The van der Waals surface area contributed by atoms with E-state index < -0.39 is 149 Å². The smallest absolute Gasteiger partial charge is 0.408 e. The van der Waals surface area contributed by atoms with E-state index in [1.165, 1.54) is 52.0 Å². The Morgan fingerprint density at radius 2 is 1.42 bits per heavy atom. The Morgan fingerprint density at radius 3 is 2.02 bits per heavy atom. The first-order valence-electron chi connectivity index (χ1n) is 31.5. The summed E-state index contributed by atoms with van der Waals surface area (Å²) in [4.78, 5) is 127. The molecular formula is C67H95N3O22. The van der Waals surface area contributed by atoms with Gasteiger partial charge < -0.3 is 78.6 Å². The zero-order chi connectivity index (χ0) is 68.0. The molecule has 3 fully saturated rings. The maximum Gasteiger partial charge on any atom is 0.408 e. The van der Waals surface area contributed by atoms with Crippen molar-refractivity contribution < 1.29 is 106 Å². The van der Waals surface area contributed by atoms with Crippen LogP contribution in [-0.2, 0) is 80.9 Å². The Hall–Kier alpha value is -6.71. The van der Waals surface area contributed by atoms with E-state index in [0.717, 1.165) is 6.92 Å². The highest BCUT2D eigenvalue weighted by molar-refractivity contribution is 5.95. The normalized spacial score (nSPS) is 25.9. The first-order valence-corrected chi connectivity index (χ1v) is 31.5. The van der Waals surface area contributed by atoms with Gasteiger partial charge in [0.1, 0.15) is 54.9 Å². The molecular weight excluding hydrogens is 1200 g/mol. The average Bonchev–Trinajstić information content (AvgIpc) is 0.672. The SMILES string of the molecule is CCC(C)(CC)C(=O)C(CCCCNC(=O)CCOCCOCCOC)NC(=O)COCC(=O)O[C@@H](C(=O)O[C@H]1C[C@@]2(O)[C@@H](OC(=O)c3ccccc3)[C@@H]3[C@]4(OC(C)=O)CO[C@@H]4C[C@H](O)[C@@]3(C)C(=O)[C@H](O)C(=C1C)C2(C)C)[C@@H](NC(=O)OC(C)(C)C)c1ccccc1. The number of carbonyl (C=O) groups excluding carboxylic acids is 9. The summed E-state index contributed by atoms with van der Waals surface area (Å²) in [5.74, 6) is -8.25. The zero-order valence-electron chi connectivity index (χ0n) is 55.1. The second-order valence-electron chi connectivity index (χ2n) is 26.1. The van der Waals surface area contributed by atoms with E-state index in [1.54, 1.807) is 64.3 Å². The Morgan fingerprint density at radius 1 is 0.793 bits per heavy atom. The molecule has 6 rings (SSSR count). The van der Waals surface area contributed by atoms with Crippen molar-refractivity contribution in [3.63, 3.8) is 0 Å². The van der Waals surface area contributed by atoms with Crippen molar-refractivity contribution >= 4 is 53.4 Å². The Kier molecular flexibility index (Phi) is 25.8. The van der Waals surface area contributed by atoms with Gasteiger partial charge in [-0.25, -0.2) is 19.2 Å². The zero-order valence-corrected chi connectivity index (χ0v) is 55.1. The number of ketones is 2. The van der Waals surface area contributed by atoms with Crippen molar-refractivity contribution in [2.45, 2.75) is 193 Å². The molecule has 4 aliphatic rings. The third kappa shape index (κ3) is 17.2. The lowest BCUT2D eigenvalue weighted by Crippen LogP contribution is -2.81. The molecule has 2 aromatic rings. The highest BCUT2D eigenvalue weighted by Crippen LogP contribution is 2.64. The number of esters is 4. The van der Waals surface area contributed by atoms with E-state index in [1.807, 2.05) is 20.8 Å². The Bertz CT molecular complexity index is 2950. The van der Waals surface area contributed by atoms with Gasteiger partial charge in [0.2, 0.25) is 17.9 Å². The van der Waals surface area contributed by atoms with Gasteiger partial charge in [0.05, 0.1) is 68.7 Å². The van der Waals surface area contributed by atoms with Gasteiger partial charge in [-0.1, -0.05) is 83.1 Å². The molecule has 0 radical (unpaired) electrons. The molecule has 12 atom stereocenters. The Balaban J connectivity index is 1.28. The highest BCUT2D eigenvalue weighted by atomic mass is 16.6. The molecule has 3 amide bonds. The van der Waals surface area contributed by atoms with E-state index in [4.69, 9.17) is 47.4 Å². The number of fused-ring (bicyclic) bond motifs is 5. The predicted octanol–water partition coefficient (Wildman–Crippen LogP) is 5.06. The fourth-order valence-corrected chi connectivity index (χ4v) is 13.0. The number of amides is 3. The Labute approximate surface area is 537 Å². The van der Waals surface area contributed by atoms with Crippen molar-refractivity contribution in [1.29, 1.82) is 0 Å². The number of hydrogen-bond acceptors (Lipinski definition) is 22. The van der Waals surface area contributed by atoms with Crippen molar-refractivity contribution in [3.05, 3.63) is 82.9 Å². The van der Waals surface area contributed by atoms with Crippen molar-refractivity contribution in [3.8, 4) is 0 Å². The van der Waals surface area contributed by atoms with E-state index in [2.05, 4.69) is 16.0 Å². The van der Waals surface area contributed by atoms with Gasteiger partial charge in [-0.05, 0) is 95.6 Å². The van der Waals surface area contributed by atoms with Crippen molar-refractivity contribution in [1.82, 2.24) is 16.0 Å². The monoisotopic (exact) mass is 1290 g/mol. The molecule has 25 nitrogen and oxygen atoms in total. The van der Waals surface area contributed by atoms with Gasteiger partial charge in [-0.2, -0.15) is 0 Å². The van der Waals surface area contributed by atoms with Crippen LogP contribution < -0.4 is 16.0 Å². The summed E-state index contributed by atoms with van der Waals surface area (Å²) in [6.45, 7) is 17.3. The number of rotatable bonds is 32. The molecule has 1 heterocycles. The molecule has 0 spiro atoms. The summed E-state index contributed by atoms with van der Waals surface area (Å²) >= 11 is 0. The minimum atomic E-state index is -2.52. The summed E-state index contributed by atoms with van der Waals surface area (Å²) in [6, 6.07) is 13.0. The summed E-state index contributed by atoms with van der Waals surface area (Å²) in [6.07, 6.45) is -10.4. The number of methoxy groups -OCH3 is 1. The summed E-state index contributed by atoms with van der Waals surface area (Å²) in [5.41, 5.74) is -10.1. The molecule has 25 heteroatoms. The lowest BCUT2D eigenvalue weighted by Gasteiger charge is -2.67. The summed E-state index contributed by atoms with van der Waals surface area (Å²) in [7, 11) is 1.58. The number of ether oxygens (including phenoxy) is 10. The van der Waals surface area contributed by atoms with Crippen LogP contribution in [0, 0.1) is 22.2 Å². The molecule has 1 saturated heterocycles. The number of carbonyl (C=O) groups is 9. The van der Waals surface area contributed by atoms with Gasteiger partial charge in [-0.3, -0.25) is 24.0 Å². The molecule has 3 aliphatic carbocycles. The molecule has 2 saturated carbocycles. The van der Waals surface area contributed by atoms with Crippen LogP contribution in [0.4, 0.5) is 4.79 Å². The van der Waals surface area contributed by atoms with Crippen molar-refractivity contribution in [2.24, 2.45) is 22.2 Å². The maximum atomic E-state index is 15.4.